The molecule has 6 nitrogen and oxygen atoms in total. The number of hydrogen-bond acceptors (Lipinski definition) is 3. The lowest BCUT2D eigenvalue weighted by Crippen LogP contribution is -2.19. The molecule has 2 aromatic rings. The fourth-order valence-corrected chi connectivity index (χ4v) is 1.73. The van der Waals surface area contributed by atoms with E-state index in [0.717, 1.165) is 0 Å². The highest BCUT2D eigenvalue weighted by molar-refractivity contribution is 6.10. The molecule has 6 heteroatoms. The maximum Gasteiger partial charge on any atom is 0.336 e. The number of aryl methyl sites for hydroxylation is 1. The van der Waals surface area contributed by atoms with Gasteiger partial charge in [-0.05, 0) is 18.2 Å². The smallest absolute Gasteiger partial charge is 0.336 e. The Balaban J connectivity index is 2.31. The molecule has 0 unspecified atom stereocenters. The summed E-state index contributed by atoms with van der Waals surface area (Å²) >= 11 is 0. The Bertz CT molecular complexity index is 734. The van der Waals surface area contributed by atoms with E-state index in [-0.39, 0.29) is 16.7 Å². The van der Waals surface area contributed by atoms with Gasteiger partial charge in [-0.3, -0.25) is 9.59 Å². The van der Waals surface area contributed by atoms with Crippen molar-refractivity contribution < 1.29 is 14.7 Å². The van der Waals surface area contributed by atoms with Crippen molar-refractivity contribution in [1.29, 1.82) is 0 Å². The molecule has 1 heterocycles. The minimum Gasteiger partial charge on any atom is -0.478 e. The summed E-state index contributed by atoms with van der Waals surface area (Å²) in [5.74, 6) is -1.71. The zero-order valence-electron chi connectivity index (χ0n) is 10.7. The summed E-state index contributed by atoms with van der Waals surface area (Å²) < 4.78 is 1.32. The summed E-state index contributed by atoms with van der Waals surface area (Å²) in [6.07, 6.45) is 1.46. The number of aromatic carboxylic acids is 1. The summed E-state index contributed by atoms with van der Waals surface area (Å²) in [5.41, 5.74) is 0.204. The van der Waals surface area contributed by atoms with Crippen LogP contribution in [0.1, 0.15) is 20.7 Å². The first-order valence-corrected chi connectivity index (χ1v) is 5.79. The van der Waals surface area contributed by atoms with E-state index in [1.807, 2.05) is 0 Å². The fourth-order valence-electron chi connectivity index (χ4n) is 1.73. The van der Waals surface area contributed by atoms with Gasteiger partial charge in [0.2, 0.25) is 5.56 Å². The van der Waals surface area contributed by atoms with E-state index >= 15 is 0 Å². The van der Waals surface area contributed by atoms with Crippen LogP contribution >= 0.6 is 0 Å². The van der Waals surface area contributed by atoms with Crippen LogP contribution < -0.4 is 10.9 Å². The van der Waals surface area contributed by atoms with Gasteiger partial charge in [-0.1, -0.05) is 12.1 Å². The molecular formula is C14H12N2O4. The molecule has 0 atom stereocenters. The summed E-state index contributed by atoms with van der Waals surface area (Å²) in [4.78, 5) is 34.4. The van der Waals surface area contributed by atoms with Gasteiger partial charge in [0, 0.05) is 19.3 Å². The van der Waals surface area contributed by atoms with E-state index in [0.29, 0.717) is 5.69 Å². The van der Waals surface area contributed by atoms with E-state index in [1.54, 1.807) is 19.2 Å². The monoisotopic (exact) mass is 272 g/mol. The summed E-state index contributed by atoms with van der Waals surface area (Å²) in [5, 5.41) is 11.6. The predicted molar refractivity (Wildman–Crippen MR) is 73.0 cm³/mol. The number of carboxylic acid groups (broad SMARTS) is 1. The maximum atomic E-state index is 12.1. The highest BCUT2D eigenvalue weighted by Gasteiger charge is 2.15. The Morgan fingerprint density at radius 2 is 1.75 bits per heavy atom. The maximum absolute atomic E-state index is 12.1. The molecule has 0 radical (unpaired) electrons. The molecule has 0 aliphatic heterocycles. The number of nitrogens with zero attached hydrogens (tertiary/aromatic N) is 1. The van der Waals surface area contributed by atoms with Crippen molar-refractivity contribution in [1.82, 2.24) is 4.57 Å². The molecule has 0 aliphatic carbocycles. The second-order valence-electron chi connectivity index (χ2n) is 4.17. The number of pyridine rings is 1. The van der Waals surface area contributed by atoms with E-state index in [1.165, 1.54) is 35.0 Å². The quantitative estimate of drug-likeness (QED) is 0.882. The number of hydrogen-bond donors (Lipinski definition) is 2. The van der Waals surface area contributed by atoms with Gasteiger partial charge in [-0.2, -0.15) is 0 Å². The van der Waals surface area contributed by atoms with Crippen LogP contribution in [0.25, 0.3) is 0 Å². The van der Waals surface area contributed by atoms with Gasteiger partial charge in [0.15, 0.2) is 0 Å². The van der Waals surface area contributed by atoms with Crippen molar-refractivity contribution in [3.05, 3.63) is 64.1 Å². The number of carboxylic acids is 1. The van der Waals surface area contributed by atoms with Crippen molar-refractivity contribution in [3.63, 3.8) is 0 Å². The number of benzene rings is 1. The minimum atomic E-state index is -1.17. The summed E-state index contributed by atoms with van der Waals surface area (Å²) in [7, 11) is 1.56. The van der Waals surface area contributed by atoms with Crippen molar-refractivity contribution in [2.75, 3.05) is 5.32 Å². The zero-order chi connectivity index (χ0) is 14.7. The van der Waals surface area contributed by atoms with Crippen molar-refractivity contribution in [2.45, 2.75) is 0 Å². The lowest BCUT2D eigenvalue weighted by atomic mass is 10.1. The first-order chi connectivity index (χ1) is 9.49. The van der Waals surface area contributed by atoms with Crippen LogP contribution in [0.2, 0.25) is 0 Å². The molecule has 2 rings (SSSR count). The SMILES string of the molecule is Cn1cc(NC(=O)c2ccccc2C(=O)O)ccc1=O. The molecule has 1 amide bonds. The number of carbonyl (C=O) groups excluding carboxylic acids is 1. The first-order valence-electron chi connectivity index (χ1n) is 5.79. The molecule has 20 heavy (non-hydrogen) atoms. The van der Waals surface area contributed by atoms with Crippen LogP contribution in [0.4, 0.5) is 5.69 Å². The lowest BCUT2D eigenvalue weighted by molar-refractivity contribution is 0.0692. The molecule has 2 N–H and O–H groups in total. The Morgan fingerprint density at radius 3 is 2.35 bits per heavy atom. The van der Waals surface area contributed by atoms with Crippen LogP contribution in [0.5, 0.6) is 0 Å². The van der Waals surface area contributed by atoms with Gasteiger partial charge < -0.3 is 15.0 Å². The minimum absolute atomic E-state index is 0.0638. The Labute approximate surface area is 114 Å². The van der Waals surface area contributed by atoms with Crippen LogP contribution in [-0.2, 0) is 7.05 Å². The summed E-state index contributed by atoms with van der Waals surface area (Å²) in [6, 6.07) is 8.70. The number of anilines is 1. The molecule has 0 saturated carbocycles. The highest BCUT2D eigenvalue weighted by atomic mass is 16.4. The van der Waals surface area contributed by atoms with E-state index in [9.17, 15) is 14.4 Å². The van der Waals surface area contributed by atoms with Crippen molar-refractivity contribution in [3.8, 4) is 0 Å². The molecule has 0 aliphatic rings. The zero-order valence-corrected chi connectivity index (χ0v) is 10.7. The lowest BCUT2D eigenvalue weighted by Gasteiger charge is -2.08. The van der Waals surface area contributed by atoms with Gasteiger partial charge in [0.25, 0.3) is 5.91 Å². The Hall–Kier alpha value is -2.89. The van der Waals surface area contributed by atoms with Crippen LogP contribution in [0.3, 0.4) is 0 Å². The first kappa shape index (κ1) is 13.5. The Kier molecular flexibility index (Phi) is 3.65. The number of amides is 1. The number of aromatic nitrogens is 1. The molecule has 102 valence electrons. The van der Waals surface area contributed by atoms with Crippen LogP contribution in [-0.4, -0.2) is 21.6 Å². The third kappa shape index (κ3) is 2.74. The molecule has 1 aromatic carbocycles. The molecular weight excluding hydrogens is 260 g/mol. The van der Waals surface area contributed by atoms with Gasteiger partial charge >= 0.3 is 5.97 Å². The van der Waals surface area contributed by atoms with E-state index in [2.05, 4.69) is 5.32 Å². The largest absolute Gasteiger partial charge is 0.478 e. The predicted octanol–water partition coefficient (Wildman–Crippen LogP) is 1.34. The van der Waals surface area contributed by atoms with Gasteiger partial charge in [-0.25, -0.2) is 4.79 Å². The van der Waals surface area contributed by atoms with Crippen molar-refractivity contribution in [2.24, 2.45) is 7.05 Å². The standard InChI is InChI=1S/C14H12N2O4/c1-16-8-9(6-7-12(16)17)15-13(18)10-4-2-3-5-11(10)14(19)20/h2-8H,1H3,(H,15,18)(H,19,20). The van der Waals surface area contributed by atoms with Gasteiger partial charge in [0.05, 0.1) is 16.8 Å². The average molecular weight is 272 g/mol. The second-order valence-corrected chi connectivity index (χ2v) is 4.17. The molecule has 0 spiro atoms. The normalized spacial score (nSPS) is 10.1. The van der Waals surface area contributed by atoms with E-state index < -0.39 is 11.9 Å². The average Bonchev–Trinajstić information content (AvgIpc) is 2.43. The van der Waals surface area contributed by atoms with Crippen LogP contribution in [0.15, 0.2) is 47.4 Å². The number of rotatable bonds is 3. The molecule has 1 aromatic heterocycles. The van der Waals surface area contributed by atoms with Crippen LogP contribution in [0, 0.1) is 0 Å². The second kappa shape index (κ2) is 5.40. The fraction of sp³-hybridized carbons (Fsp3) is 0.0714. The van der Waals surface area contributed by atoms with Gasteiger partial charge in [-0.15, -0.1) is 0 Å². The highest BCUT2D eigenvalue weighted by Crippen LogP contribution is 2.12. The van der Waals surface area contributed by atoms with E-state index in [4.69, 9.17) is 5.11 Å². The summed E-state index contributed by atoms with van der Waals surface area (Å²) in [6.45, 7) is 0. The number of carbonyl (C=O) groups is 2. The molecule has 0 fully saturated rings. The van der Waals surface area contributed by atoms with Gasteiger partial charge in [0.1, 0.15) is 0 Å². The molecule has 0 saturated heterocycles. The van der Waals surface area contributed by atoms with Crippen molar-refractivity contribution >= 4 is 17.6 Å². The molecule has 0 bridgehead atoms. The third-order valence-corrected chi connectivity index (χ3v) is 2.75. The topological polar surface area (TPSA) is 88.4 Å². The third-order valence-electron chi connectivity index (χ3n) is 2.75. The number of nitrogens with one attached hydrogen (secondary N) is 1. The Morgan fingerprint density at radius 1 is 1.10 bits per heavy atom.